The van der Waals surface area contributed by atoms with Crippen molar-refractivity contribution in [3.05, 3.63) is 95.6 Å². The van der Waals surface area contributed by atoms with Crippen LogP contribution in [-0.2, 0) is 9.53 Å². The molecule has 0 unspecified atom stereocenters. The lowest BCUT2D eigenvalue weighted by molar-refractivity contribution is -0.130. The fourth-order valence-corrected chi connectivity index (χ4v) is 3.29. The molecule has 0 heterocycles. The first kappa shape index (κ1) is 19.4. The molecule has 3 aromatic carbocycles. The first-order chi connectivity index (χ1) is 14.7. The van der Waals surface area contributed by atoms with Crippen LogP contribution in [0.3, 0.4) is 0 Å². The fraction of sp³-hybridized carbons (Fsp3) is 0.160. The zero-order valence-electron chi connectivity index (χ0n) is 16.2. The molecule has 0 bridgehead atoms. The number of nitriles is 1. The van der Waals surface area contributed by atoms with E-state index in [9.17, 15) is 14.9 Å². The van der Waals surface area contributed by atoms with Crippen LogP contribution in [0.5, 0.6) is 0 Å². The number of amides is 1. The summed E-state index contributed by atoms with van der Waals surface area (Å²) in [5.74, 6) is -0.940. The summed E-state index contributed by atoms with van der Waals surface area (Å²) in [5.41, 5.74) is 2.61. The molecule has 5 heteroatoms. The van der Waals surface area contributed by atoms with Crippen molar-refractivity contribution < 1.29 is 14.3 Å². The number of hydrogen-bond acceptors (Lipinski definition) is 4. The Kier molecular flexibility index (Phi) is 5.58. The van der Waals surface area contributed by atoms with Crippen molar-refractivity contribution in [2.24, 2.45) is 0 Å². The van der Waals surface area contributed by atoms with Gasteiger partial charge in [-0.3, -0.25) is 4.79 Å². The second-order valence-electron chi connectivity index (χ2n) is 7.18. The molecule has 0 aromatic heterocycles. The maximum atomic E-state index is 13.1. The summed E-state index contributed by atoms with van der Waals surface area (Å²) in [4.78, 5) is 25.9. The number of nitrogens with one attached hydrogen (secondary N) is 1. The van der Waals surface area contributed by atoms with Gasteiger partial charge >= 0.3 is 5.97 Å². The van der Waals surface area contributed by atoms with Gasteiger partial charge in [-0.05, 0) is 30.5 Å². The van der Waals surface area contributed by atoms with Crippen LogP contribution >= 0.6 is 0 Å². The highest BCUT2D eigenvalue weighted by Gasteiger charge is 2.31. The second-order valence-corrected chi connectivity index (χ2v) is 7.18. The molecule has 1 N–H and O–H groups in total. The summed E-state index contributed by atoms with van der Waals surface area (Å²) in [7, 11) is 0. The highest BCUT2D eigenvalue weighted by atomic mass is 16.5. The SMILES string of the molecule is N#Cc1ccccc1-c1ccccc1C(=O)O[C@H](C(=O)NC1CC1)c1ccccc1. The molecule has 1 saturated carbocycles. The van der Waals surface area contributed by atoms with Crippen LogP contribution in [0.25, 0.3) is 11.1 Å². The van der Waals surface area contributed by atoms with Crippen molar-refractivity contribution in [1.82, 2.24) is 5.32 Å². The van der Waals surface area contributed by atoms with Gasteiger partial charge in [0, 0.05) is 17.2 Å². The summed E-state index contributed by atoms with van der Waals surface area (Å²) in [5, 5.41) is 12.4. The van der Waals surface area contributed by atoms with Crippen LogP contribution in [0.1, 0.15) is 40.4 Å². The van der Waals surface area contributed by atoms with E-state index in [-0.39, 0.29) is 11.9 Å². The van der Waals surface area contributed by atoms with Crippen LogP contribution < -0.4 is 5.32 Å². The van der Waals surface area contributed by atoms with E-state index < -0.39 is 12.1 Å². The van der Waals surface area contributed by atoms with Crippen LogP contribution in [0.2, 0.25) is 0 Å². The molecule has 1 amide bonds. The van der Waals surface area contributed by atoms with Crippen LogP contribution in [0.15, 0.2) is 78.9 Å². The summed E-state index contributed by atoms with van der Waals surface area (Å²) in [6, 6.07) is 25.3. The Labute approximate surface area is 174 Å². The van der Waals surface area contributed by atoms with Crippen molar-refractivity contribution in [2.45, 2.75) is 25.0 Å². The summed E-state index contributed by atoms with van der Waals surface area (Å²) in [6.07, 6.45) is 0.836. The van der Waals surface area contributed by atoms with Crippen LogP contribution in [-0.4, -0.2) is 17.9 Å². The lowest BCUT2D eigenvalue weighted by atomic mass is 9.96. The summed E-state index contributed by atoms with van der Waals surface area (Å²) >= 11 is 0. The van der Waals surface area contributed by atoms with Gasteiger partial charge in [-0.1, -0.05) is 66.7 Å². The molecule has 4 rings (SSSR count). The van der Waals surface area contributed by atoms with Gasteiger partial charge in [0.05, 0.1) is 17.2 Å². The summed E-state index contributed by atoms with van der Waals surface area (Å²) < 4.78 is 5.71. The molecule has 0 aliphatic heterocycles. The zero-order chi connectivity index (χ0) is 20.9. The molecular formula is C25H20N2O3. The van der Waals surface area contributed by atoms with Crippen molar-refractivity contribution >= 4 is 11.9 Å². The number of esters is 1. The maximum Gasteiger partial charge on any atom is 0.339 e. The van der Waals surface area contributed by atoms with E-state index in [1.54, 1.807) is 66.7 Å². The Hall–Kier alpha value is -3.91. The van der Waals surface area contributed by atoms with Crippen molar-refractivity contribution in [3.63, 3.8) is 0 Å². The Morgan fingerprint density at radius 3 is 2.23 bits per heavy atom. The number of benzene rings is 3. The normalized spacial score (nSPS) is 13.7. The van der Waals surface area contributed by atoms with Gasteiger partial charge in [0.2, 0.25) is 6.10 Å². The number of nitrogens with zero attached hydrogens (tertiary/aromatic N) is 1. The quantitative estimate of drug-likeness (QED) is 0.626. The average molecular weight is 396 g/mol. The third-order valence-electron chi connectivity index (χ3n) is 4.97. The molecule has 1 fully saturated rings. The van der Waals surface area contributed by atoms with E-state index in [2.05, 4.69) is 11.4 Å². The highest BCUT2D eigenvalue weighted by Crippen LogP contribution is 2.29. The minimum absolute atomic E-state index is 0.150. The first-order valence-corrected chi connectivity index (χ1v) is 9.82. The lowest BCUT2D eigenvalue weighted by Gasteiger charge is -2.19. The largest absolute Gasteiger partial charge is 0.444 e. The predicted molar refractivity (Wildman–Crippen MR) is 112 cm³/mol. The van der Waals surface area contributed by atoms with Gasteiger partial charge in [0.1, 0.15) is 0 Å². The lowest BCUT2D eigenvalue weighted by Crippen LogP contribution is -2.33. The Morgan fingerprint density at radius 2 is 1.53 bits per heavy atom. The monoisotopic (exact) mass is 396 g/mol. The predicted octanol–water partition coefficient (Wildman–Crippen LogP) is 4.40. The molecule has 30 heavy (non-hydrogen) atoms. The fourth-order valence-electron chi connectivity index (χ4n) is 3.29. The molecule has 5 nitrogen and oxygen atoms in total. The standard InChI is InChI=1S/C25H20N2O3/c26-16-18-10-4-5-11-20(18)21-12-6-7-13-22(21)25(29)30-23(17-8-2-1-3-9-17)24(28)27-19-14-15-19/h1-13,19,23H,14-15H2,(H,27,28)/t23-/m0/s1. The minimum atomic E-state index is -1.04. The van der Waals surface area contributed by atoms with Crippen LogP contribution in [0.4, 0.5) is 0 Å². The molecule has 1 atom stereocenters. The second kappa shape index (κ2) is 8.62. The van der Waals surface area contributed by atoms with E-state index >= 15 is 0 Å². The van der Waals surface area contributed by atoms with Gasteiger partial charge in [0.25, 0.3) is 5.91 Å². The zero-order valence-corrected chi connectivity index (χ0v) is 16.2. The Bertz CT molecular complexity index is 1110. The van der Waals surface area contributed by atoms with E-state index in [0.717, 1.165) is 12.8 Å². The molecule has 0 spiro atoms. The molecule has 148 valence electrons. The Balaban J connectivity index is 1.67. The van der Waals surface area contributed by atoms with Gasteiger partial charge in [-0.25, -0.2) is 4.79 Å². The number of carbonyl (C=O) groups is 2. The third kappa shape index (κ3) is 4.23. The van der Waals surface area contributed by atoms with Crippen LogP contribution in [0, 0.1) is 11.3 Å². The van der Waals surface area contributed by atoms with Gasteiger partial charge in [0.15, 0.2) is 0 Å². The van der Waals surface area contributed by atoms with Crippen molar-refractivity contribution in [1.29, 1.82) is 5.26 Å². The summed E-state index contributed by atoms with van der Waals surface area (Å²) in [6.45, 7) is 0. The smallest absolute Gasteiger partial charge is 0.339 e. The molecular weight excluding hydrogens is 376 g/mol. The topological polar surface area (TPSA) is 79.2 Å². The number of ether oxygens (including phenoxy) is 1. The number of rotatable bonds is 6. The molecule has 0 saturated heterocycles. The highest BCUT2D eigenvalue weighted by molar-refractivity contribution is 5.99. The van der Waals surface area contributed by atoms with E-state index in [0.29, 0.717) is 27.8 Å². The molecule has 3 aromatic rings. The number of hydrogen-bond donors (Lipinski definition) is 1. The van der Waals surface area contributed by atoms with Crippen molar-refractivity contribution in [3.8, 4) is 17.2 Å². The Morgan fingerprint density at radius 1 is 0.900 bits per heavy atom. The average Bonchev–Trinajstić information content (AvgIpc) is 3.61. The first-order valence-electron chi connectivity index (χ1n) is 9.82. The number of carbonyl (C=O) groups excluding carboxylic acids is 2. The third-order valence-corrected chi connectivity index (χ3v) is 4.97. The van der Waals surface area contributed by atoms with E-state index in [1.807, 2.05) is 12.1 Å². The molecule has 1 aliphatic carbocycles. The molecule has 0 radical (unpaired) electrons. The van der Waals surface area contributed by atoms with E-state index in [4.69, 9.17) is 4.74 Å². The van der Waals surface area contributed by atoms with Crippen molar-refractivity contribution in [2.75, 3.05) is 0 Å². The maximum absolute atomic E-state index is 13.1. The van der Waals surface area contributed by atoms with Gasteiger partial charge in [-0.2, -0.15) is 5.26 Å². The van der Waals surface area contributed by atoms with Gasteiger partial charge < -0.3 is 10.1 Å². The minimum Gasteiger partial charge on any atom is -0.444 e. The van der Waals surface area contributed by atoms with E-state index in [1.165, 1.54) is 0 Å². The molecule has 1 aliphatic rings. The van der Waals surface area contributed by atoms with Gasteiger partial charge in [-0.15, -0.1) is 0 Å².